The van der Waals surface area contributed by atoms with Crippen molar-refractivity contribution in [3.8, 4) is 5.75 Å². The zero-order chi connectivity index (χ0) is 30.8. The second-order valence-corrected chi connectivity index (χ2v) is 18.6. The van der Waals surface area contributed by atoms with Crippen LogP contribution in [0.25, 0.3) is 0 Å². The summed E-state index contributed by atoms with van der Waals surface area (Å²) >= 11 is 6.54. The maximum Gasteiger partial charge on any atom is 0.261 e. The van der Waals surface area contributed by atoms with Gasteiger partial charge in [0.25, 0.3) is 8.32 Å². The number of hydrogen-bond donors (Lipinski definition) is 0. The Morgan fingerprint density at radius 2 is 1.37 bits per heavy atom. The summed E-state index contributed by atoms with van der Waals surface area (Å²) in [7, 11) is -5.13. The summed E-state index contributed by atoms with van der Waals surface area (Å²) in [4.78, 5) is 0.632. The van der Waals surface area contributed by atoms with Gasteiger partial charge >= 0.3 is 0 Å². The first-order valence-electron chi connectivity index (χ1n) is 14.6. The van der Waals surface area contributed by atoms with E-state index in [-0.39, 0.29) is 15.8 Å². The van der Waals surface area contributed by atoms with Crippen LogP contribution in [0.4, 0.5) is 0 Å². The fourth-order valence-electron chi connectivity index (χ4n) is 6.49. The number of halogens is 1. The first-order chi connectivity index (χ1) is 20.5. The first-order valence-corrected chi connectivity index (χ1v) is 18.5. The van der Waals surface area contributed by atoms with Gasteiger partial charge in [0.2, 0.25) is 9.84 Å². The number of rotatable bonds is 9. The van der Waals surface area contributed by atoms with Gasteiger partial charge in [0.1, 0.15) is 5.75 Å². The lowest BCUT2D eigenvalue weighted by Gasteiger charge is -2.44. The fraction of sp³-hybridized carbons (Fsp3) is 0.278. The van der Waals surface area contributed by atoms with Crippen LogP contribution in [0.2, 0.25) is 5.04 Å². The topological polar surface area (TPSA) is 52.6 Å². The maximum atomic E-state index is 14.3. The van der Waals surface area contributed by atoms with E-state index in [1.807, 2.05) is 43.3 Å². The van der Waals surface area contributed by atoms with E-state index in [4.69, 9.17) is 20.8 Å². The van der Waals surface area contributed by atoms with Crippen molar-refractivity contribution in [2.24, 2.45) is 0 Å². The van der Waals surface area contributed by atoms with Crippen LogP contribution >= 0.6 is 11.6 Å². The molecule has 0 saturated heterocycles. The molecule has 224 valence electrons. The van der Waals surface area contributed by atoms with Crippen molar-refractivity contribution in [1.82, 2.24) is 0 Å². The molecule has 0 bridgehead atoms. The smallest absolute Gasteiger partial charge is 0.261 e. The zero-order valence-electron chi connectivity index (χ0n) is 25.4. The Morgan fingerprint density at radius 3 is 1.86 bits per heavy atom. The minimum atomic E-state index is -3.82. The Bertz CT molecular complexity index is 1660. The Kier molecular flexibility index (Phi) is 9.05. The molecule has 4 aromatic rings. The van der Waals surface area contributed by atoms with Gasteiger partial charge in [0.05, 0.1) is 23.0 Å². The van der Waals surface area contributed by atoms with Crippen molar-refractivity contribution < 1.29 is 17.6 Å². The number of sulfone groups is 1. The number of methoxy groups -OCH3 is 1. The van der Waals surface area contributed by atoms with E-state index < -0.39 is 30.2 Å². The molecular weight excluding hydrogens is 592 g/mol. The average molecular weight is 631 g/mol. The van der Waals surface area contributed by atoms with E-state index in [1.165, 1.54) is 0 Å². The van der Waals surface area contributed by atoms with Gasteiger partial charge in [-0.25, -0.2) is 8.42 Å². The van der Waals surface area contributed by atoms with Gasteiger partial charge in [0, 0.05) is 11.8 Å². The predicted octanol–water partition coefficient (Wildman–Crippen LogP) is 7.53. The highest BCUT2D eigenvalue weighted by atomic mass is 35.5. The largest absolute Gasteiger partial charge is 0.496 e. The fourth-order valence-corrected chi connectivity index (χ4v) is 13.2. The molecule has 1 aliphatic rings. The maximum absolute atomic E-state index is 14.3. The third-order valence-corrected chi connectivity index (χ3v) is 15.8. The van der Waals surface area contributed by atoms with Crippen LogP contribution in [0.3, 0.4) is 0 Å². The number of hydrogen-bond acceptors (Lipinski definition) is 4. The van der Waals surface area contributed by atoms with Crippen LogP contribution in [0.5, 0.6) is 5.75 Å². The molecule has 4 aromatic carbocycles. The van der Waals surface area contributed by atoms with E-state index in [9.17, 15) is 8.42 Å². The van der Waals surface area contributed by atoms with Crippen molar-refractivity contribution in [3.63, 3.8) is 0 Å². The molecule has 7 heteroatoms. The van der Waals surface area contributed by atoms with E-state index in [0.717, 1.165) is 32.8 Å². The molecule has 0 N–H and O–H groups in total. The molecule has 0 amide bonds. The normalized spacial score (nSPS) is 17.5. The van der Waals surface area contributed by atoms with Gasteiger partial charge in [-0.2, -0.15) is 0 Å². The highest BCUT2D eigenvalue weighted by molar-refractivity contribution is 7.95. The lowest BCUT2D eigenvalue weighted by atomic mass is 9.91. The summed E-state index contributed by atoms with van der Waals surface area (Å²) in [5.74, 6) is 0.550. The molecule has 2 atom stereocenters. The van der Waals surface area contributed by atoms with Gasteiger partial charge in [-0.15, -0.1) is 11.6 Å². The summed E-state index contributed by atoms with van der Waals surface area (Å²) < 4.78 is 41.6. The Balaban J connectivity index is 1.70. The number of alkyl halides is 1. The zero-order valence-corrected chi connectivity index (χ0v) is 28.0. The molecule has 0 spiro atoms. The summed E-state index contributed by atoms with van der Waals surface area (Å²) in [6.45, 7) is 8.67. The van der Waals surface area contributed by atoms with Crippen molar-refractivity contribution in [2.75, 3.05) is 7.11 Å². The summed E-state index contributed by atoms with van der Waals surface area (Å²) in [5.41, 5.74) is 2.71. The number of ether oxygens (including phenoxy) is 1. The van der Waals surface area contributed by atoms with E-state index in [2.05, 4.69) is 69.3 Å². The van der Waals surface area contributed by atoms with Crippen LogP contribution in [0.15, 0.2) is 119 Å². The molecule has 0 heterocycles. The van der Waals surface area contributed by atoms with Crippen LogP contribution in [0, 0.1) is 6.92 Å². The third-order valence-electron chi connectivity index (χ3n) is 8.58. The van der Waals surface area contributed by atoms with Crippen molar-refractivity contribution in [3.05, 3.63) is 131 Å². The molecule has 0 saturated carbocycles. The Labute approximate surface area is 262 Å². The summed E-state index contributed by atoms with van der Waals surface area (Å²) in [5, 5.41) is 2.05. The van der Waals surface area contributed by atoms with Gasteiger partial charge in [-0.1, -0.05) is 106 Å². The van der Waals surface area contributed by atoms with E-state index >= 15 is 0 Å². The molecule has 4 nitrogen and oxygen atoms in total. The lowest BCUT2D eigenvalue weighted by molar-refractivity contribution is 0.228. The lowest BCUT2D eigenvalue weighted by Crippen LogP contribution is -2.67. The molecule has 0 aromatic heterocycles. The Morgan fingerprint density at radius 1 is 0.837 bits per heavy atom. The number of benzene rings is 4. The van der Waals surface area contributed by atoms with Crippen molar-refractivity contribution in [1.29, 1.82) is 0 Å². The molecule has 1 aliphatic carbocycles. The highest BCUT2D eigenvalue weighted by Gasteiger charge is 2.52. The third kappa shape index (κ3) is 5.74. The standard InChI is InChI=1S/C36H39ClO4SSi/c1-26-33(25-37)31(21-22-34(26)40-5)32-23-27(24-35(32)42(38,39)28-15-9-6-10-16-28)41-43(36(2,3)4,29-17-11-7-12-18-29)30-19-13-8-14-20-30/h6-22,24,27,32H,23,25H2,1-5H3/t27-,32-/m1/s1. The summed E-state index contributed by atoms with van der Waals surface area (Å²) in [6, 6.07) is 33.4. The highest BCUT2D eigenvalue weighted by Crippen LogP contribution is 2.47. The van der Waals surface area contributed by atoms with Crippen molar-refractivity contribution >= 4 is 40.1 Å². The molecule has 0 radical (unpaired) electrons. The molecule has 0 unspecified atom stereocenters. The average Bonchev–Trinajstić information content (AvgIpc) is 3.45. The van der Waals surface area contributed by atoms with Crippen LogP contribution in [-0.2, 0) is 20.1 Å². The van der Waals surface area contributed by atoms with E-state index in [1.54, 1.807) is 31.4 Å². The van der Waals surface area contributed by atoms with Gasteiger partial charge < -0.3 is 9.16 Å². The second kappa shape index (κ2) is 12.4. The summed E-state index contributed by atoms with van der Waals surface area (Å²) in [6.07, 6.45) is 1.92. The SMILES string of the molecule is COc1ccc([C@H]2C[C@@H](O[Si](c3ccccc3)(c3ccccc3)C(C)(C)C)C=C2S(=O)(=O)c2ccccc2)c(CCl)c1C. The molecule has 0 aliphatic heterocycles. The van der Waals surface area contributed by atoms with Crippen molar-refractivity contribution in [2.45, 2.75) is 62.0 Å². The molecule has 43 heavy (non-hydrogen) atoms. The van der Waals surface area contributed by atoms with Crippen LogP contribution < -0.4 is 15.1 Å². The monoisotopic (exact) mass is 630 g/mol. The minimum absolute atomic E-state index is 0.244. The number of allylic oxidation sites excluding steroid dienone is 1. The second-order valence-electron chi connectivity index (χ2n) is 12.1. The first kappa shape index (κ1) is 31.3. The molecule has 0 fully saturated rings. The molecule has 5 rings (SSSR count). The van der Waals surface area contributed by atoms with Crippen LogP contribution in [0.1, 0.15) is 49.8 Å². The van der Waals surface area contributed by atoms with Crippen LogP contribution in [-0.4, -0.2) is 29.9 Å². The minimum Gasteiger partial charge on any atom is -0.496 e. The molecular formula is C36H39ClO4SSi. The quantitative estimate of drug-likeness (QED) is 0.142. The van der Waals surface area contributed by atoms with Gasteiger partial charge in [0.15, 0.2) is 0 Å². The van der Waals surface area contributed by atoms with Gasteiger partial charge in [-0.3, -0.25) is 0 Å². The van der Waals surface area contributed by atoms with Gasteiger partial charge in [-0.05, 0) is 69.7 Å². The van der Waals surface area contributed by atoms with E-state index in [0.29, 0.717) is 11.3 Å². The Hall–Kier alpha value is -3.16. The predicted molar refractivity (Wildman–Crippen MR) is 179 cm³/mol.